The second-order valence-electron chi connectivity index (χ2n) is 5.36. The van der Waals surface area contributed by atoms with Gasteiger partial charge in [-0.15, -0.1) is 0 Å². The Kier molecular flexibility index (Phi) is 3.59. The highest BCUT2D eigenvalue weighted by molar-refractivity contribution is 5.83. The number of imidazole rings is 1. The molecule has 0 aliphatic carbocycles. The molecule has 0 saturated carbocycles. The van der Waals surface area contributed by atoms with Crippen LogP contribution in [0.25, 0.3) is 22.6 Å². The summed E-state index contributed by atoms with van der Waals surface area (Å²) in [5, 5.41) is 9.20. The molecule has 0 bridgehead atoms. The lowest BCUT2D eigenvalue weighted by Gasteiger charge is -2.18. The largest absolute Gasteiger partial charge is 0.486 e. The number of aliphatic hydroxyl groups is 1. The van der Waals surface area contributed by atoms with E-state index in [0.717, 1.165) is 34.1 Å². The molecule has 0 amide bonds. The van der Waals surface area contributed by atoms with E-state index in [1.54, 1.807) is 6.20 Å². The molecule has 1 aliphatic heterocycles. The SMILES string of the molecule is OCCCn1c(-c2ccccn2)nc2cc3c(cc21)OCCO3. The fourth-order valence-corrected chi connectivity index (χ4v) is 2.81. The number of pyridine rings is 1. The van der Waals surface area contributed by atoms with Crippen LogP contribution >= 0.6 is 0 Å². The van der Waals surface area contributed by atoms with Gasteiger partial charge in [0.25, 0.3) is 0 Å². The molecule has 23 heavy (non-hydrogen) atoms. The second kappa shape index (κ2) is 5.89. The highest BCUT2D eigenvalue weighted by atomic mass is 16.6. The van der Waals surface area contributed by atoms with Crippen LogP contribution in [0.2, 0.25) is 0 Å². The minimum Gasteiger partial charge on any atom is -0.486 e. The monoisotopic (exact) mass is 311 g/mol. The van der Waals surface area contributed by atoms with Crippen LogP contribution in [0.3, 0.4) is 0 Å². The Hall–Kier alpha value is -2.60. The molecule has 1 aliphatic rings. The summed E-state index contributed by atoms with van der Waals surface area (Å²) in [4.78, 5) is 9.13. The standard InChI is InChI=1S/C17H17N3O3/c21-7-3-6-20-14-11-16-15(22-8-9-23-16)10-13(14)19-17(20)12-4-1-2-5-18-12/h1-2,4-5,10-11,21H,3,6-9H2. The number of benzene rings is 1. The third kappa shape index (κ3) is 2.51. The van der Waals surface area contributed by atoms with Crippen molar-refractivity contribution in [2.24, 2.45) is 0 Å². The topological polar surface area (TPSA) is 69.4 Å². The zero-order valence-electron chi connectivity index (χ0n) is 12.6. The summed E-state index contributed by atoms with van der Waals surface area (Å²) in [6.45, 7) is 1.90. The van der Waals surface area contributed by atoms with Crippen molar-refractivity contribution in [2.45, 2.75) is 13.0 Å². The van der Waals surface area contributed by atoms with E-state index in [-0.39, 0.29) is 6.61 Å². The normalized spacial score (nSPS) is 13.4. The minimum absolute atomic E-state index is 0.131. The van der Waals surface area contributed by atoms with E-state index in [1.807, 2.05) is 30.3 Å². The molecule has 118 valence electrons. The first-order valence-corrected chi connectivity index (χ1v) is 7.69. The number of rotatable bonds is 4. The van der Waals surface area contributed by atoms with E-state index < -0.39 is 0 Å². The van der Waals surface area contributed by atoms with Gasteiger partial charge >= 0.3 is 0 Å². The highest BCUT2D eigenvalue weighted by Gasteiger charge is 2.19. The number of fused-ring (bicyclic) bond motifs is 2. The Morgan fingerprint density at radius 3 is 2.70 bits per heavy atom. The zero-order chi connectivity index (χ0) is 15.6. The van der Waals surface area contributed by atoms with E-state index in [1.165, 1.54) is 0 Å². The molecule has 3 aromatic rings. The van der Waals surface area contributed by atoms with Crippen molar-refractivity contribution < 1.29 is 14.6 Å². The predicted octanol–water partition coefficient (Wildman–Crippen LogP) is 2.25. The molecular weight excluding hydrogens is 294 g/mol. The molecule has 0 saturated heterocycles. The fraction of sp³-hybridized carbons (Fsp3) is 0.294. The molecule has 1 N–H and O–H groups in total. The van der Waals surface area contributed by atoms with Crippen molar-refractivity contribution in [3.05, 3.63) is 36.5 Å². The van der Waals surface area contributed by atoms with E-state index in [9.17, 15) is 5.11 Å². The molecule has 0 unspecified atom stereocenters. The van der Waals surface area contributed by atoms with Crippen LogP contribution in [-0.2, 0) is 6.54 Å². The first-order valence-electron chi connectivity index (χ1n) is 7.69. The molecule has 0 atom stereocenters. The summed E-state index contributed by atoms with van der Waals surface area (Å²) in [5.74, 6) is 2.25. The van der Waals surface area contributed by atoms with Crippen molar-refractivity contribution in [2.75, 3.05) is 19.8 Å². The third-order valence-electron chi connectivity index (χ3n) is 3.85. The lowest BCUT2D eigenvalue weighted by atomic mass is 10.2. The molecule has 4 rings (SSSR count). The number of hydrogen-bond donors (Lipinski definition) is 1. The number of ether oxygens (including phenoxy) is 2. The summed E-state index contributed by atoms with van der Waals surface area (Å²) < 4.78 is 13.4. The molecule has 0 fully saturated rings. The van der Waals surface area contributed by atoms with E-state index >= 15 is 0 Å². The van der Waals surface area contributed by atoms with Crippen LogP contribution in [0.1, 0.15) is 6.42 Å². The van der Waals surface area contributed by atoms with E-state index in [2.05, 4.69) is 9.55 Å². The number of nitrogens with zero attached hydrogens (tertiary/aromatic N) is 3. The third-order valence-corrected chi connectivity index (χ3v) is 3.85. The lowest BCUT2D eigenvalue weighted by Crippen LogP contribution is -2.15. The second-order valence-corrected chi connectivity index (χ2v) is 5.36. The number of aryl methyl sites for hydroxylation is 1. The molecule has 0 radical (unpaired) electrons. The lowest BCUT2D eigenvalue weighted by molar-refractivity contribution is 0.172. The number of aliphatic hydroxyl groups excluding tert-OH is 1. The van der Waals surface area contributed by atoms with Crippen molar-refractivity contribution in [1.29, 1.82) is 0 Å². The van der Waals surface area contributed by atoms with Gasteiger partial charge in [-0.2, -0.15) is 0 Å². The smallest absolute Gasteiger partial charge is 0.163 e. The van der Waals surface area contributed by atoms with E-state index in [4.69, 9.17) is 14.5 Å². The highest BCUT2D eigenvalue weighted by Crippen LogP contribution is 2.36. The van der Waals surface area contributed by atoms with Gasteiger partial charge < -0.3 is 19.1 Å². The molecule has 2 aromatic heterocycles. The molecule has 0 spiro atoms. The molecule has 1 aromatic carbocycles. The molecule has 6 nitrogen and oxygen atoms in total. The van der Waals surface area contributed by atoms with Crippen LogP contribution in [-0.4, -0.2) is 39.5 Å². The van der Waals surface area contributed by atoms with Gasteiger partial charge in [-0.1, -0.05) is 6.07 Å². The van der Waals surface area contributed by atoms with E-state index in [0.29, 0.717) is 26.2 Å². The van der Waals surface area contributed by atoms with Crippen LogP contribution in [0.5, 0.6) is 11.5 Å². The predicted molar refractivity (Wildman–Crippen MR) is 85.7 cm³/mol. The number of hydrogen-bond acceptors (Lipinski definition) is 5. The minimum atomic E-state index is 0.131. The van der Waals surface area contributed by atoms with Gasteiger partial charge in [0, 0.05) is 31.5 Å². The van der Waals surface area contributed by atoms with Crippen LogP contribution < -0.4 is 9.47 Å². The first-order chi connectivity index (χ1) is 11.4. The maximum absolute atomic E-state index is 9.20. The maximum atomic E-state index is 9.20. The maximum Gasteiger partial charge on any atom is 0.163 e. The van der Waals surface area contributed by atoms with Gasteiger partial charge in [-0.25, -0.2) is 4.98 Å². The van der Waals surface area contributed by atoms with Crippen molar-refractivity contribution >= 4 is 11.0 Å². The Morgan fingerprint density at radius 1 is 1.13 bits per heavy atom. The van der Waals surface area contributed by atoms with Gasteiger partial charge in [0.1, 0.15) is 18.9 Å². The van der Waals surface area contributed by atoms with Crippen molar-refractivity contribution in [1.82, 2.24) is 14.5 Å². The van der Waals surface area contributed by atoms with Crippen molar-refractivity contribution in [3.63, 3.8) is 0 Å². The van der Waals surface area contributed by atoms with Crippen LogP contribution in [0.15, 0.2) is 36.5 Å². The molecule has 3 heterocycles. The first kappa shape index (κ1) is 14.0. The Morgan fingerprint density at radius 2 is 1.96 bits per heavy atom. The summed E-state index contributed by atoms with van der Waals surface area (Å²) in [7, 11) is 0. The summed E-state index contributed by atoms with van der Waals surface area (Å²) in [6, 6.07) is 9.62. The van der Waals surface area contributed by atoms with Gasteiger partial charge in [0.05, 0.1) is 11.0 Å². The van der Waals surface area contributed by atoms with Gasteiger partial charge in [-0.3, -0.25) is 4.98 Å². The Labute approximate surface area is 133 Å². The fourth-order valence-electron chi connectivity index (χ4n) is 2.81. The Bertz CT molecular complexity index is 830. The van der Waals surface area contributed by atoms with Crippen molar-refractivity contribution in [3.8, 4) is 23.0 Å². The van der Waals surface area contributed by atoms with Gasteiger partial charge in [0.2, 0.25) is 0 Å². The summed E-state index contributed by atoms with van der Waals surface area (Å²) >= 11 is 0. The molecular formula is C17H17N3O3. The summed E-state index contributed by atoms with van der Waals surface area (Å²) in [5.41, 5.74) is 2.61. The average molecular weight is 311 g/mol. The number of aromatic nitrogens is 3. The van der Waals surface area contributed by atoms with Crippen LogP contribution in [0.4, 0.5) is 0 Å². The summed E-state index contributed by atoms with van der Waals surface area (Å²) in [6.07, 6.45) is 2.40. The quantitative estimate of drug-likeness (QED) is 0.800. The zero-order valence-corrected chi connectivity index (χ0v) is 12.6. The molecule has 6 heteroatoms. The van der Waals surface area contributed by atoms with Crippen LogP contribution in [0, 0.1) is 0 Å². The van der Waals surface area contributed by atoms with Gasteiger partial charge in [-0.05, 0) is 18.6 Å². The average Bonchev–Trinajstić information content (AvgIpc) is 2.96. The Balaban J connectivity index is 1.90. The van der Waals surface area contributed by atoms with Gasteiger partial charge in [0.15, 0.2) is 17.3 Å².